The number of hydrogen-bond acceptors (Lipinski definition) is 3. The van der Waals surface area contributed by atoms with Gasteiger partial charge in [-0.3, -0.25) is 0 Å². The molecule has 0 fully saturated rings. The van der Waals surface area contributed by atoms with Crippen molar-refractivity contribution < 1.29 is 5.11 Å². The van der Waals surface area contributed by atoms with Gasteiger partial charge in [0.15, 0.2) is 0 Å². The Morgan fingerprint density at radius 2 is 1.85 bits per heavy atom. The number of aryl methyl sites for hydroxylation is 1. The summed E-state index contributed by atoms with van der Waals surface area (Å²) in [7, 11) is 0. The highest BCUT2D eigenvalue weighted by molar-refractivity contribution is 9.10. The molecule has 0 radical (unpaired) electrons. The van der Waals surface area contributed by atoms with Crippen LogP contribution in [0.2, 0.25) is 0 Å². The van der Waals surface area contributed by atoms with E-state index in [4.69, 9.17) is 0 Å². The van der Waals surface area contributed by atoms with Gasteiger partial charge in [0.1, 0.15) is 5.75 Å². The predicted octanol–water partition coefficient (Wildman–Crippen LogP) is 3.65. The lowest BCUT2D eigenvalue weighted by Gasteiger charge is -2.09. The van der Waals surface area contributed by atoms with E-state index in [1.807, 2.05) is 31.2 Å². The summed E-state index contributed by atoms with van der Waals surface area (Å²) < 4.78 is 1.06. The van der Waals surface area contributed by atoms with Crippen molar-refractivity contribution in [2.24, 2.45) is 0 Å². The molecule has 0 aliphatic carbocycles. The summed E-state index contributed by atoms with van der Waals surface area (Å²) in [6.45, 7) is 2.01. The van der Waals surface area contributed by atoms with Crippen LogP contribution in [0.3, 0.4) is 0 Å². The average molecular weight is 331 g/mol. The van der Waals surface area contributed by atoms with Gasteiger partial charge in [-0.15, -0.1) is 0 Å². The van der Waals surface area contributed by atoms with Crippen molar-refractivity contribution in [3.8, 4) is 5.75 Å². The Balaban J connectivity index is 1.91. The van der Waals surface area contributed by atoms with E-state index in [1.165, 1.54) is 5.56 Å². The van der Waals surface area contributed by atoms with E-state index in [0.29, 0.717) is 0 Å². The summed E-state index contributed by atoms with van der Waals surface area (Å²) in [4.78, 5) is 0. The van der Waals surface area contributed by atoms with Gasteiger partial charge in [-0.05, 0) is 42.8 Å². The van der Waals surface area contributed by atoms with Gasteiger partial charge < -0.3 is 10.5 Å². The lowest BCUT2D eigenvalue weighted by atomic mass is 10.0. The molecule has 20 heavy (non-hydrogen) atoms. The Labute approximate surface area is 126 Å². The Hall–Kier alpha value is -1.78. The molecule has 0 aromatic heterocycles. The van der Waals surface area contributed by atoms with Crippen LogP contribution in [0, 0.1) is 6.92 Å². The second kappa shape index (κ2) is 5.31. The maximum absolute atomic E-state index is 9.97. The minimum Gasteiger partial charge on any atom is -0.507 e. The van der Waals surface area contributed by atoms with Crippen LogP contribution in [0.1, 0.15) is 22.7 Å². The number of phenolic OH excluding ortho intramolecular Hbond substituents is 1. The molecule has 1 unspecified atom stereocenters. The second-order valence-corrected chi connectivity index (χ2v) is 5.82. The zero-order chi connectivity index (χ0) is 14.1. The normalized spacial score (nSPS) is 17.7. The molecular weight excluding hydrogens is 316 g/mol. The highest BCUT2D eigenvalue weighted by atomic mass is 79.9. The molecule has 0 amide bonds. The molecule has 1 aliphatic rings. The number of aromatic hydroxyl groups is 1. The van der Waals surface area contributed by atoms with Crippen LogP contribution in [0.25, 0.3) is 5.70 Å². The van der Waals surface area contributed by atoms with Gasteiger partial charge in [0.05, 0.1) is 11.7 Å². The smallest absolute Gasteiger partial charge is 0.124 e. The van der Waals surface area contributed by atoms with Crippen molar-refractivity contribution in [3.63, 3.8) is 0 Å². The summed E-state index contributed by atoms with van der Waals surface area (Å²) in [6.07, 6.45) is 2.08. The molecule has 4 heteroatoms. The molecule has 1 aliphatic heterocycles. The van der Waals surface area contributed by atoms with Crippen molar-refractivity contribution in [2.45, 2.75) is 13.0 Å². The van der Waals surface area contributed by atoms with Crippen molar-refractivity contribution in [1.29, 1.82) is 0 Å². The first-order valence-corrected chi connectivity index (χ1v) is 7.21. The minimum atomic E-state index is 0.0954. The summed E-state index contributed by atoms with van der Waals surface area (Å²) in [5.74, 6) is 0.285. The molecule has 2 aromatic carbocycles. The predicted molar refractivity (Wildman–Crippen MR) is 84.0 cm³/mol. The Morgan fingerprint density at radius 1 is 1.10 bits per heavy atom. The number of nitrogens with one attached hydrogen (secondary N) is 2. The highest BCUT2D eigenvalue weighted by Gasteiger charge is 2.19. The molecule has 0 spiro atoms. The zero-order valence-corrected chi connectivity index (χ0v) is 12.6. The third-order valence-corrected chi connectivity index (χ3v) is 3.90. The number of phenols is 1. The Bertz CT molecular complexity index is 665. The first-order valence-electron chi connectivity index (χ1n) is 6.42. The number of hydrazine groups is 1. The van der Waals surface area contributed by atoms with Crippen LogP contribution in [0.4, 0.5) is 0 Å². The van der Waals surface area contributed by atoms with Gasteiger partial charge in [-0.2, -0.15) is 0 Å². The van der Waals surface area contributed by atoms with Gasteiger partial charge >= 0.3 is 0 Å². The number of benzene rings is 2. The third-order valence-electron chi connectivity index (χ3n) is 3.37. The van der Waals surface area contributed by atoms with Crippen LogP contribution in [0.15, 0.2) is 53.0 Å². The molecule has 0 saturated heterocycles. The van der Waals surface area contributed by atoms with Crippen LogP contribution in [-0.4, -0.2) is 5.11 Å². The fourth-order valence-corrected chi connectivity index (χ4v) is 2.54. The van der Waals surface area contributed by atoms with Gasteiger partial charge in [0, 0.05) is 10.0 Å². The first kappa shape index (κ1) is 13.2. The number of rotatable bonds is 2. The van der Waals surface area contributed by atoms with Gasteiger partial charge in [0.25, 0.3) is 0 Å². The number of hydrogen-bond donors (Lipinski definition) is 3. The molecular formula is C16H15BrN2O. The van der Waals surface area contributed by atoms with E-state index in [2.05, 4.69) is 45.0 Å². The fourth-order valence-electron chi connectivity index (χ4n) is 2.28. The van der Waals surface area contributed by atoms with Crippen LogP contribution in [0.5, 0.6) is 5.75 Å². The van der Waals surface area contributed by atoms with E-state index in [9.17, 15) is 5.11 Å². The average Bonchev–Trinajstić information content (AvgIpc) is 2.92. The van der Waals surface area contributed by atoms with Gasteiger partial charge in [-0.1, -0.05) is 39.7 Å². The molecule has 3 nitrogen and oxygen atoms in total. The van der Waals surface area contributed by atoms with Crippen LogP contribution < -0.4 is 10.9 Å². The lowest BCUT2D eigenvalue weighted by molar-refractivity contribution is 0.472. The van der Waals surface area contributed by atoms with Crippen molar-refractivity contribution in [1.82, 2.24) is 10.9 Å². The monoisotopic (exact) mass is 330 g/mol. The maximum Gasteiger partial charge on any atom is 0.124 e. The van der Waals surface area contributed by atoms with Crippen LogP contribution in [-0.2, 0) is 0 Å². The SMILES string of the molecule is Cc1ccc(O)c(C2=CC(c3ccc(Br)cc3)NN2)c1. The molecule has 2 aromatic rings. The van der Waals surface area contributed by atoms with E-state index < -0.39 is 0 Å². The zero-order valence-electron chi connectivity index (χ0n) is 11.0. The fraction of sp³-hybridized carbons (Fsp3) is 0.125. The minimum absolute atomic E-state index is 0.0954. The largest absolute Gasteiger partial charge is 0.507 e. The highest BCUT2D eigenvalue weighted by Crippen LogP contribution is 2.30. The molecule has 3 N–H and O–H groups in total. The molecule has 0 saturated carbocycles. The van der Waals surface area contributed by atoms with E-state index in [0.717, 1.165) is 21.3 Å². The van der Waals surface area contributed by atoms with Crippen molar-refractivity contribution in [3.05, 3.63) is 69.7 Å². The standard InChI is InChI=1S/C16H15BrN2O/c1-10-2-7-16(20)13(8-10)15-9-14(18-19-15)11-3-5-12(17)6-4-11/h2-9,14,18-20H,1H3. The maximum atomic E-state index is 9.97. The third kappa shape index (κ3) is 2.57. The lowest BCUT2D eigenvalue weighted by Crippen LogP contribution is -2.26. The molecule has 3 rings (SSSR count). The first-order chi connectivity index (χ1) is 9.63. The Kier molecular flexibility index (Phi) is 3.51. The van der Waals surface area contributed by atoms with Crippen molar-refractivity contribution >= 4 is 21.6 Å². The van der Waals surface area contributed by atoms with E-state index >= 15 is 0 Å². The summed E-state index contributed by atoms with van der Waals surface area (Å²) >= 11 is 3.44. The second-order valence-electron chi connectivity index (χ2n) is 4.90. The molecule has 1 heterocycles. The Morgan fingerprint density at radius 3 is 2.60 bits per heavy atom. The van der Waals surface area contributed by atoms with E-state index in [-0.39, 0.29) is 11.8 Å². The van der Waals surface area contributed by atoms with Gasteiger partial charge in [0.2, 0.25) is 0 Å². The van der Waals surface area contributed by atoms with Crippen molar-refractivity contribution in [2.75, 3.05) is 0 Å². The van der Waals surface area contributed by atoms with Gasteiger partial charge in [-0.25, -0.2) is 5.43 Å². The molecule has 0 bridgehead atoms. The summed E-state index contributed by atoms with van der Waals surface area (Å²) in [5.41, 5.74) is 10.4. The number of halogens is 1. The topological polar surface area (TPSA) is 44.3 Å². The quantitative estimate of drug-likeness (QED) is 0.787. The van der Waals surface area contributed by atoms with Crippen LogP contribution >= 0.6 is 15.9 Å². The van der Waals surface area contributed by atoms with E-state index in [1.54, 1.807) is 6.07 Å². The molecule has 1 atom stereocenters. The summed E-state index contributed by atoms with van der Waals surface area (Å²) in [6, 6.07) is 13.9. The summed E-state index contributed by atoms with van der Waals surface area (Å²) in [5, 5.41) is 9.97. The molecule has 102 valence electrons.